The molecule has 0 bridgehead atoms. The molecule has 0 aromatic carbocycles. The summed E-state index contributed by atoms with van der Waals surface area (Å²) in [6, 6.07) is 0. The van der Waals surface area contributed by atoms with Crippen LogP contribution in [-0.4, -0.2) is 10.7 Å². The van der Waals surface area contributed by atoms with E-state index in [9.17, 15) is 0 Å². The summed E-state index contributed by atoms with van der Waals surface area (Å²) in [5, 5.41) is 2.22. The van der Waals surface area contributed by atoms with E-state index in [1.165, 1.54) is 6.42 Å². The highest BCUT2D eigenvalue weighted by molar-refractivity contribution is 9.09. The Labute approximate surface area is 49.2 Å². The molecule has 5 heavy (non-hydrogen) atoms. The summed E-state index contributed by atoms with van der Waals surface area (Å²) >= 11 is 6.56. The van der Waals surface area contributed by atoms with Gasteiger partial charge in [0.1, 0.15) is 0 Å². The summed E-state index contributed by atoms with van der Waals surface area (Å²) in [5.41, 5.74) is 0. The molecule has 0 saturated carbocycles. The zero-order valence-electron chi connectivity index (χ0n) is 2.88. The van der Waals surface area contributed by atoms with Gasteiger partial charge in [0.05, 0.1) is 0 Å². The van der Waals surface area contributed by atoms with E-state index in [2.05, 4.69) is 31.9 Å². The maximum atomic E-state index is 3.28. The van der Waals surface area contributed by atoms with Crippen molar-refractivity contribution in [3.8, 4) is 0 Å². The van der Waals surface area contributed by atoms with Gasteiger partial charge in [0, 0.05) is 10.7 Å². The number of halogens is 2. The van der Waals surface area contributed by atoms with Gasteiger partial charge in [-0.25, -0.2) is 0 Å². The molecule has 0 spiro atoms. The molecule has 0 saturated heterocycles. The summed E-state index contributed by atoms with van der Waals surface area (Å²) < 4.78 is 0. The van der Waals surface area contributed by atoms with E-state index in [4.69, 9.17) is 0 Å². The molecule has 0 fully saturated rings. The van der Waals surface area contributed by atoms with Crippen molar-refractivity contribution in [1.82, 2.24) is 0 Å². The Morgan fingerprint density at radius 2 is 1.40 bits per heavy atom. The summed E-state index contributed by atoms with van der Waals surface area (Å²) in [7, 11) is 0. The van der Waals surface area contributed by atoms with Crippen molar-refractivity contribution in [1.29, 1.82) is 0 Å². The SMILES string of the molecule is Br[13CH2][13CH2][13CH2]Br. The molecule has 0 aromatic rings. The lowest BCUT2D eigenvalue weighted by Crippen LogP contribution is -1.69. The van der Waals surface area contributed by atoms with Gasteiger partial charge < -0.3 is 0 Å². The van der Waals surface area contributed by atoms with Crippen LogP contribution >= 0.6 is 31.9 Å². The molecule has 0 aliphatic carbocycles. The van der Waals surface area contributed by atoms with E-state index >= 15 is 0 Å². The molecule has 0 aliphatic heterocycles. The van der Waals surface area contributed by atoms with Gasteiger partial charge in [0.2, 0.25) is 0 Å². The first-order valence-electron chi connectivity index (χ1n) is 1.53. The molecule has 0 amide bonds. The van der Waals surface area contributed by atoms with Gasteiger partial charge in [-0.15, -0.1) is 0 Å². The highest BCUT2D eigenvalue weighted by Crippen LogP contribution is 1.90. The Bertz CT molecular complexity index is 12.4. The van der Waals surface area contributed by atoms with Crippen LogP contribution in [0.25, 0.3) is 0 Å². The second-order valence-corrected chi connectivity index (χ2v) is 2.32. The Hall–Kier alpha value is 0.960. The smallest absolute Gasteiger partial charge is 0.00392 e. The minimum absolute atomic E-state index is 1.11. The molecule has 0 heterocycles. The molecule has 2 heteroatoms. The quantitative estimate of drug-likeness (QED) is 0.478. The second kappa shape index (κ2) is 4.96. The first kappa shape index (κ1) is 5.96. The van der Waals surface area contributed by atoms with Crippen molar-refractivity contribution in [2.45, 2.75) is 6.42 Å². The van der Waals surface area contributed by atoms with Crippen molar-refractivity contribution in [3.05, 3.63) is 0 Å². The molecule has 0 unspecified atom stereocenters. The van der Waals surface area contributed by atoms with Gasteiger partial charge in [-0.1, -0.05) is 31.9 Å². The molecular weight excluding hydrogens is 199 g/mol. The van der Waals surface area contributed by atoms with Crippen LogP contribution in [0.5, 0.6) is 0 Å². The highest BCUT2D eigenvalue weighted by atomic mass is 79.9. The molecule has 0 aromatic heterocycles. The van der Waals surface area contributed by atoms with Crippen molar-refractivity contribution in [3.63, 3.8) is 0 Å². The molecule has 0 rings (SSSR count). The van der Waals surface area contributed by atoms with Crippen molar-refractivity contribution >= 4 is 31.9 Å². The number of alkyl halides is 2. The summed E-state index contributed by atoms with van der Waals surface area (Å²) in [6.45, 7) is 0. The Morgan fingerprint density at radius 3 is 1.40 bits per heavy atom. The fourth-order valence-corrected chi connectivity index (χ4v) is 1.36. The average molecular weight is 205 g/mol. The molecule has 0 nitrogen and oxygen atoms in total. The minimum atomic E-state index is 1.11. The van der Waals surface area contributed by atoms with Gasteiger partial charge in [-0.3, -0.25) is 0 Å². The zero-order chi connectivity index (χ0) is 4.12. The third kappa shape index (κ3) is 4.96. The predicted octanol–water partition coefficient (Wildman–Crippen LogP) is 2.17. The first-order chi connectivity index (χ1) is 2.41. The van der Waals surface area contributed by atoms with Crippen LogP contribution in [0.3, 0.4) is 0 Å². The molecule has 0 aliphatic rings. The van der Waals surface area contributed by atoms with Gasteiger partial charge in [-0.2, -0.15) is 0 Å². The first-order valence-corrected chi connectivity index (χ1v) is 3.78. The van der Waals surface area contributed by atoms with Crippen LogP contribution in [-0.2, 0) is 0 Å². The highest BCUT2D eigenvalue weighted by Gasteiger charge is 1.71. The molecule has 0 atom stereocenters. The van der Waals surface area contributed by atoms with Crippen LogP contribution in [0, 0.1) is 0 Å². The van der Waals surface area contributed by atoms with E-state index < -0.39 is 0 Å². The number of hydrogen-bond donors (Lipinski definition) is 0. The zero-order valence-corrected chi connectivity index (χ0v) is 6.05. The largest absolute Gasteiger partial charge is 0.0928 e. The van der Waals surface area contributed by atoms with Gasteiger partial charge in [0.15, 0.2) is 0 Å². The Kier molecular flexibility index (Phi) is 5.91. The van der Waals surface area contributed by atoms with Crippen LogP contribution in [0.4, 0.5) is 0 Å². The van der Waals surface area contributed by atoms with Crippen LogP contribution in [0.15, 0.2) is 0 Å². The minimum Gasteiger partial charge on any atom is -0.0928 e. The van der Waals surface area contributed by atoms with E-state index in [1.807, 2.05) is 0 Å². The van der Waals surface area contributed by atoms with E-state index in [1.54, 1.807) is 0 Å². The number of rotatable bonds is 2. The van der Waals surface area contributed by atoms with Crippen molar-refractivity contribution < 1.29 is 0 Å². The van der Waals surface area contributed by atoms with E-state index in [-0.39, 0.29) is 0 Å². The molecule has 32 valence electrons. The predicted molar refractivity (Wildman–Crippen MR) is 32.2 cm³/mol. The third-order valence-electron chi connectivity index (χ3n) is 0.267. The standard InChI is InChI=1S/C3H6Br2/c4-2-1-3-5/h1-3H2/i1+1,2+1,3+1. The van der Waals surface area contributed by atoms with Crippen molar-refractivity contribution in [2.24, 2.45) is 0 Å². The lowest BCUT2D eigenvalue weighted by molar-refractivity contribution is 1.15. The number of hydrogen-bond acceptors (Lipinski definition) is 0. The Morgan fingerprint density at radius 1 is 1.00 bits per heavy atom. The van der Waals surface area contributed by atoms with Gasteiger partial charge in [0.25, 0.3) is 0 Å². The molecule has 0 N–H and O–H groups in total. The summed E-state index contributed by atoms with van der Waals surface area (Å²) in [4.78, 5) is 0. The van der Waals surface area contributed by atoms with Gasteiger partial charge >= 0.3 is 0 Å². The maximum absolute atomic E-state index is 3.28. The van der Waals surface area contributed by atoms with Crippen molar-refractivity contribution in [2.75, 3.05) is 10.7 Å². The lowest BCUT2D eigenvalue weighted by atomic mass is 11.6. The van der Waals surface area contributed by atoms with E-state index in [0.29, 0.717) is 0 Å². The third-order valence-corrected chi connectivity index (χ3v) is 1.39. The maximum Gasteiger partial charge on any atom is 0.00392 e. The lowest BCUT2D eigenvalue weighted by Gasteiger charge is -1.76. The van der Waals surface area contributed by atoms with Crippen LogP contribution in [0.2, 0.25) is 0 Å². The normalized spacial score (nSPS) is 8.40. The summed E-state index contributed by atoms with van der Waals surface area (Å²) in [6.07, 6.45) is 1.22. The average Bonchev–Trinajstić information content (AvgIpc) is 1.41. The Balaban J connectivity index is 2.19. The van der Waals surface area contributed by atoms with Crippen LogP contribution in [0.1, 0.15) is 6.42 Å². The molecule has 0 radical (unpaired) electrons. The van der Waals surface area contributed by atoms with Crippen LogP contribution < -0.4 is 0 Å². The fraction of sp³-hybridized carbons (Fsp3) is 1.00. The molecular formula is C3H6Br2. The van der Waals surface area contributed by atoms with Gasteiger partial charge in [-0.05, 0) is 6.42 Å². The van der Waals surface area contributed by atoms with E-state index in [0.717, 1.165) is 10.7 Å². The fourth-order valence-electron chi connectivity index (χ4n) is 0.0505. The summed E-state index contributed by atoms with van der Waals surface area (Å²) in [5.74, 6) is 0. The topological polar surface area (TPSA) is 0 Å². The second-order valence-electron chi connectivity index (χ2n) is 0.732. The monoisotopic (exact) mass is 203 g/mol.